The van der Waals surface area contributed by atoms with Crippen molar-refractivity contribution in [3.63, 3.8) is 0 Å². The van der Waals surface area contributed by atoms with Gasteiger partial charge in [-0.3, -0.25) is 9.58 Å². The van der Waals surface area contributed by atoms with Crippen molar-refractivity contribution in [2.45, 2.75) is 44.7 Å². The number of hydrogen-bond acceptors (Lipinski definition) is 3. The fourth-order valence-corrected chi connectivity index (χ4v) is 3.74. The number of nitrogens with zero attached hydrogens (tertiary/aromatic N) is 3. The second kappa shape index (κ2) is 5.25. The van der Waals surface area contributed by atoms with E-state index in [-0.39, 0.29) is 0 Å². The zero-order valence-electron chi connectivity index (χ0n) is 12.4. The molecule has 2 atom stereocenters. The average molecular weight is 262 g/mol. The Bertz CT molecular complexity index is 433. The molecule has 1 N–H and O–H groups in total. The van der Waals surface area contributed by atoms with Gasteiger partial charge in [-0.1, -0.05) is 0 Å². The predicted molar refractivity (Wildman–Crippen MR) is 77.1 cm³/mol. The first-order valence-electron chi connectivity index (χ1n) is 7.61. The van der Waals surface area contributed by atoms with Gasteiger partial charge in [0.2, 0.25) is 0 Å². The Balaban J connectivity index is 1.91. The number of likely N-dealkylation sites (tertiary alicyclic amines) is 1. The average Bonchev–Trinajstić information content (AvgIpc) is 3.16. The van der Waals surface area contributed by atoms with E-state index in [0.717, 1.165) is 18.5 Å². The van der Waals surface area contributed by atoms with E-state index in [1.807, 2.05) is 11.7 Å². The molecule has 4 nitrogen and oxygen atoms in total. The maximum atomic E-state index is 4.56. The Morgan fingerprint density at radius 1 is 1.37 bits per heavy atom. The summed E-state index contributed by atoms with van der Waals surface area (Å²) in [6, 6.07) is 1.41. The number of nitrogens with one attached hydrogen (secondary N) is 1. The lowest BCUT2D eigenvalue weighted by Gasteiger charge is -2.41. The Morgan fingerprint density at radius 2 is 2.16 bits per heavy atom. The number of rotatable bonds is 4. The Kier molecular flexibility index (Phi) is 3.63. The van der Waals surface area contributed by atoms with Crippen molar-refractivity contribution in [3.05, 3.63) is 17.5 Å². The van der Waals surface area contributed by atoms with Gasteiger partial charge in [0.15, 0.2) is 0 Å². The molecule has 0 amide bonds. The molecular formula is C15H26N4. The minimum atomic E-state index is 0.572. The van der Waals surface area contributed by atoms with Crippen LogP contribution >= 0.6 is 0 Å². The quantitative estimate of drug-likeness (QED) is 0.899. The minimum Gasteiger partial charge on any atom is -0.319 e. The number of aryl methyl sites for hydroxylation is 2. The molecule has 1 aromatic heterocycles. The fourth-order valence-electron chi connectivity index (χ4n) is 3.74. The molecule has 1 aliphatic carbocycles. The van der Waals surface area contributed by atoms with E-state index in [4.69, 9.17) is 0 Å². The topological polar surface area (TPSA) is 33.1 Å². The second-order valence-electron chi connectivity index (χ2n) is 6.22. The molecule has 1 saturated carbocycles. The Hall–Kier alpha value is -0.870. The molecule has 0 aromatic carbocycles. The van der Waals surface area contributed by atoms with Crippen LogP contribution in [-0.2, 0) is 7.05 Å². The first-order valence-corrected chi connectivity index (χ1v) is 7.61. The highest BCUT2D eigenvalue weighted by Gasteiger charge is 2.41. The van der Waals surface area contributed by atoms with Crippen molar-refractivity contribution in [2.75, 3.05) is 20.1 Å². The van der Waals surface area contributed by atoms with Gasteiger partial charge in [0.1, 0.15) is 0 Å². The SMILES string of the molecule is CNCC1CCCN(C2CC2)C1c1cn(C)nc1C. The summed E-state index contributed by atoms with van der Waals surface area (Å²) >= 11 is 0. The van der Waals surface area contributed by atoms with Crippen LogP contribution in [0.3, 0.4) is 0 Å². The highest BCUT2D eigenvalue weighted by atomic mass is 15.3. The van der Waals surface area contributed by atoms with Gasteiger partial charge in [0.05, 0.1) is 5.69 Å². The number of piperidine rings is 1. The molecule has 19 heavy (non-hydrogen) atoms. The van der Waals surface area contributed by atoms with Crippen LogP contribution < -0.4 is 5.32 Å². The van der Waals surface area contributed by atoms with Crippen LogP contribution in [0.2, 0.25) is 0 Å². The van der Waals surface area contributed by atoms with Crippen LogP contribution in [0.5, 0.6) is 0 Å². The van der Waals surface area contributed by atoms with Crippen LogP contribution in [0.15, 0.2) is 6.20 Å². The van der Waals surface area contributed by atoms with Crippen molar-refractivity contribution in [1.29, 1.82) is 0 Å². The molecule has 4 heteroatoms. The van der Waals surface area contributed by atoms with Gasteiger partial charge in [-0.15, -0.1) is 0 Å². The summed E-state index contributed by atoms with van der Waals surface area (Å²) in [5.74, 6) is 0.724. The summed E-state index contributed by atoms with van der Waals surface area (Å²) < 4.78 is 1.97. The zero-order chi connectivity index (χ0) is 13.4. The molecule has 2 unspecified atom stereocenters. The van der Waals surface area contributed by atoms with Crippen LogP contribution in [-0.4, -0.2) is 40.9 Å². The third kappa shape index (κ3) is 2.56. The molecule has 2 fully saturated rings. The van der Waals surface area contributed by atoms with E-state index in [1.54, 1.807) is 0 Å². The Labute approximate surface area is 116 Å². The normalized spacial score (nSPS) is 28.8. The molecule has 3 rings (SSSR count). The third-order valence-electron chi connectivity index (χ3n) is 4.65. The summed E-state index contributed by atoms with van der Waals surface area (Å²) in [7, 11) is 4.11. The maximum Gasteiger partial charge on any atom is 0.0641 e. The van der Waals surface area contributed by atoms with Gasteiger partial charge in [-0.2, -0.15) is 5.10 Å². The Morgan fingerprint density at radius 3 is 2.74 bits per heavy atom. The van der Waals surface area contributed by atoms with E-state index >= 15 is 0 Å². The molecule has 2 aliphatic rings. The van der Waals surface area contributed by atoms with Crippen molar-refractivity contribution in [3.8, 4) is 0 Å². The molecule has 0 bridgehead atoms. The van der Waals surface area contributed by atoms with Crippen molar-refractivity contribution in [2.24, 2.45) is 13.0 Å². The molecule has 0 spiro atoms. The maximum absolute atomic E-state index is 4.56. The number of aromatic nitrogens is 2. The fraction of sp³-hybridized carbons (Fsp3) is 0.800. The molecular weight excluding hydrogens is 236 g/mol. The highest BCUT2D eigenvalue weighted by Crippen LogP contribution is 2.43. The molecule has 106 valence electrons. The molecule has 2 heterocycles. The monoisotopic (exact) mass is 262 g/mol. The predicted octanol–water partition coefficient (Wildman–Crippen LogP) is 1.86. The summed E-state index contributed by atoms with van der Waals surface area (Å²) in [6.45, 7) is 4.54. The third-order valence-corrected chi connectivity index (χ3v) is 4.65. The van der Waals surface area contributed by atoms with Crippen molar-refractivity contribution >= 4 is 0 Å². The molecule has 1 aromatic rings. The van der Waals surface area contributed by atoms with E-state index in [9.17, 15) is 0 Å². The smallest absolute Gasteiger partial charge is 0.0641 e. The largest absolute Gasteiger partial charge is 0.319 e. The zero-order valence-corrected chi connectivity index (χ0v) is 12.4. The highest BCUT2D eigenvalue weighted by molar-refractivity contribution is 5.23. The van der Waals surface area contributed by atoms with Crippen LogP contribution in [0.25, 0.3) is 0 Å². The van der Waals surface area contributed by atoms with E-state index in [1.165, 1.54) is 43.5 Å². The van der Waals surface area contributed by atoms with Crippen LogP contribution in [0, 0.1) is 12.8 Å². The van der Waals surface area contributed by atoms with Gasteiger partial charge in [-0.25, -0.2) is 0 Å². The lowest BCUT2D eigenvalue weighted by Crippen LogP contribution is -2.43. The van der Waals surface area contributed by atoms with Gasteiger partial charge in [0.25, 0.3) is 0 Å². The van der Waals surface area contributed by atoms with E-state index in [0.29, 0.717) is 6.04 Å². The van der Waals surface area contributed by atoms with Crippen molar-refractivity contribution < 1.29 is 0 Å². The van der Waals surface area contributed by atoms with E-state index < -0.39 is 0 Å². The summed E-state index contributed by atoms with van der Waals surface area (Å²) in [6.07, 6.45) is 7.70. The first-order chi connectivity index (χ1) is 9.20. The van der Waals surface area contributed by atoms with Gasteiger partial charge in [-0.05, 0) is 58.7 Å². The lowest BCUT2D eigenvalue weighted by atomic mass is 9.84. The van der Waals surface area contributed by atoms with E-state index in [2.05, 4.69) is 35.5 Å². The van der Waals surface area contributed by atoms with Crippen molar-refractivity contribution in [1.82, 2.24) is 20.0 Å². The van der Waals surface area contributed by atoms with Crippen LogP contribution in [0.1, 0.15) is 43.0 Å². The minimum absolute atomic E-state index is 0.572. The molecule has 0 radical (unpaired) electrons. The molecule has 1 saturated heterocycles. The number of hydrogen-bond donors (Lipinski definition) is 1. The summed E-state index contributed by atoms with van der Waals surface area (Å²) in [5, 5.41) is 7.95. The lowest BCUT2D eigenvalue weighted by molar-refractivity contribution is 0.0840. The van der Waals surface area contributed by atoms with Gasteiger partial charge in [0, 0.05) is 30.9 Å². The standard InChI is InChI=1S/C15H26N4/c1-11-14(10-18(3)17-11)15-12(9-16-2)5-4-8-19(15)13-6-7-13/h10,12-13,15-16H,4-9H2,1-3H3. The van der Waals surface area contributed by atoms with Gasteiger partial charge >= 0.3 is 0 Å². The summed E-state index contributed by atoms with van der Waals surface area (Å²) in [4.78, 5) is 2.76. The second-order valence-corrected chi connectivity index (χ2v) is 6.22. The first kappa shape index (κ1) is 13.1. The van der Waals surface area contributed by atoms with Gasteiger partial charge < -0.3 is 5.32 Å². The van der Waals surface area contributed by atoms with Crippen LogP contribution in [0.4, 0.5) is 0 Å². The molecule has 1 aliphatic heterocycles. The summed E-state index contributed by atoms with van der Waals surface area (Å²) in [5.41, 5.74) is 2.66.